The van der Waals surface area contributed by atoms with Crippen LogP contribution >= 0.6 is 0 Å². The second-order valence-electron chi connectivity index (χ2n) is 6.48. The molecule has 27 heavy (non-hydrogen) atoms. The molecule has 1 N–H and O–H groups in total. The van der Waals surface area contributed by atoms with Crippen molar-refractivity contribution in [2.24, 2.45) is 0 Å². The van der Waals surface area contributed by atoms with E-state index in [4.69, 9.17) is 4.74 Å². The summed E-state index contributed by atoms with van der Waals surface area (Å²) < 4.78 is 6.01. The highest BCUT2D eigenvalue weighted by Gasteiger charge is 2.14. The lowest BCUT2D eigenvalue weighted by Crippen LogP contribution is -2.31. The molecule has 1 amide bonds. The molecule has 0 spiro atoms. The van der Waals surface area contributed by atoms with Gasteiger partial charge >= 0.3 is 0 Å². The summed E-state index contributed by atoms with van der Waals surface area (Å²) in [6.45, 7) is 0. The van der Waals surface area contributed by atoms with Gasteiger partial charge in [0.15, 0.2) is 0 Å². The highest BCUT2D eigenvalue weighted by Crippen LogP contribution is 2.16. The van der Waals surface area contributed by atoms with E-state index in [2.05, 4.69) is 32.1 Å². The molecule has 3 aromatic rings. The number of carbonyl (C=O) groups excluding carboxylic acids is 1. The number of hydrogen-bond acceptors (Lipinski definition) is 5. The number of amides is 1. The third-order valence-electron chi connectivity index (χ3n) is 4.29. The zero-order valence-corrected chi connectivity index (χ0v) is 15.1. The first-order chi connectivity index (χ1) is 13.1. The first-order valence-corrected chi connectivity index (χ1v) is 8.62. The van der Waals surface area contributed by atoms with Gasteiger partial charge in [-0.05, 0) is 29.5 Å². The molecule has 4 rings (SSSR count). The van der Waals surface area contributed by atoms with Gasteiger partial charge in [-0.15, -0.1) is 0 Å². The largest absolute Gasteiger partial charge is 0.484 e. The Balaban J connectivity index is 1.52. The molecule has 0 radical (unpaired) electrons. The summed E-state index contributed by atoms with van der Waals surface area (Å²) in [5.41, 5.74) is 2.12. The van der Waals surface area contributed by atoms with E-state index in [9.17, 15) is 4.79 Å². The lowest BCUT2D eigenvalue weighted by molar-refractivity contribution is 0.0822. The van der Waals surface area contributed by atoms with Crippen molar-refractivity contribution >= 4 is 18.1 Å². The van der Waals surface area contributed by atoms with Gasteiger partial charge in [-0.2, -0.15) is 0 Å². The van der Waals surface area contributed by atoms with Gasteiger partial charge in [0.2, 0.25) is 0 Å². The number of nitrogens with one attached hydrogen (secondary N) is 1. The van der Waals surface area contributed by atoms with Crippen molar-refractivity contribution in [3.8, 4) is 17.1 Å². The molecular weight excluding hydrogens is 342 g/mol. The number of ether oxygens (including phenoxy) is 1. The number of aromatic amines is 1. The minimum Gasteiger partial charge on any atom is -0.484 e. The molecule has 1 atom stereocenters. The number of H-pyrrole nitrogens is 1. The first kappa shape index (κ1) is 17.0. The average molecular weight is 361 g/mol. The topological polar surface area (TPSA) is 84.0 Å². The van der Waals surface area contributed by atoms with Gasteiger partial charge in [-0.3, -0.25) is 14.8 Å². The monoisotopic (exact) mass is 361 g/mol. The average Bonchev–Trinajstić information content (AvgIpc) is 3.12. The maximum atomic E-state index is 11.9. The fourth-order valence-corrected chi connectivity index (χ4v) is 2.93. The molecule has 0 bridgehead atoms. The Labute approximate surface area is 156 Å². The van der Waals surface area contributed by atoms with Crippen LogP contribution in [-0.2, 0) is 0 Å². The van der Waals surface area contributed by atoms with Crippen LogP contribution in [0.2, 0.25) is 0 Å². The number of pyridine rings is 1. The lowest BCUT2D eigenvalue weighted by Gasteiger charge is -2.16. The molecule has 1 aliphatic carbocycles. The third-order valence-corrected chi connectivity index (χ3v) is 4.29. The molecule has 0 fully saturated rings. The van der Waals surface area contributed by atoms with Crippen molar-refractivity contribution in [1.82, 2.24) is 24.8 Å². The summed E-state index contributed by atoms with van der Waals surface area (Å²) in [7, 11) is 3.40. The normalized spacial score (nSPS) is 15.3. The molecule has 0 saturated heterocycles. The molecule has 7 nitrogen and oxygen atoms in total. The molecule has 0 aliphatic heterocycles. The maximum Gasteiger partial charge on any atom is 0.271 e. The summed E-state index contributed by atoms with van der Waals surface area (Å²) in [4.78, 5) is 29.4. The van der Waals surface area contributed by atoms with Gasteiger partial charge < -0.3 is 14.6 Å². The van der Waals surface area contributed by atoms with Crippen LogP contribution < -0.4 is 15.3 Å². The minimum atomic E-state index is -0.132. The fraction of sp³-hybridized carbons (Fsp3) is 0.200. The third kappa shape index (κ3) is 3.57. The van der Waals surface area contributed by atoms with E-state index in [-0.39, 0.29) is 12.0 Å². The van der Waals surface area contributed by atoms with Gasteiger partial charge in [0, 0.05) is 38.3 Å². The van der Waals surface area contributed by atoms with E-state index in [1.54, 1.807) is 51.0 Å². The van der Waals surface area contributed by atoms with Crippen LogP contribution in [0.25, 0.3) is 23.5 Å². The molecular formula is C20H19N5O2. The number of hydrogen-bond donors (Lipinski definition) is 1. The zero-order valence-electron chi connectivity index (χ0n) is 15.1. The van der Waals surface area contributed by atoms with Crippen molar-refractivity contribution < 1.29 is 9.53 Å². The lowest BCUT2D eigenvalue weighted by atomic mass is 10.1. The van der Waals surface area contributed by atoms with Crippen molar-refractivity contribution in [3.05, 3.63) is 59.2 Å². The molecule has 3 heterocycles. The Bertz CT molecular complexity index is 1070. The summed E-state index contributed by atoms with van der Waals surface area (Å²) in [6.07, 6.45) is 11.5. The van der Waals surface area contributed by atoms with Gasteiger partial charge in [0.25, 0.3) is 5.91 Å². The fourth-order valence-electron chi connectivity index (χ4n) is 2.93. The number of fused-ring (bicyclic) bond motifs is 1. The summed E-state index contributed by atoms with van der Waals surface area (Å²) >= 11 is 0. The van der Waals surface area contributed by atoms with Crippen LogP contribution in [0.1, 0.15) is 16.9 Å². The maximum absolute atomic E-state index is 11.9. The van der Waals surface area contributed by atoms with Crippen LogP contribution in [0, 0.1) is 0 Å². The van der Waals surface area contributed by atoms with Crippen molar-refractivity contribution in [1.29, 1.82) is 0 Å². The second-order valence-corrected chi connectivity index (χ2v) is 6.48. The van der Waals surface area contributed by atoms with Crippen LogP contribution in [0.3, 0.4) is 0 Å². The zero-order chi connectivity index (χ0) is 18.8. The van der Waals surface area contributed by atoms with E-state index in [1.807, 2.05) is 6.07 Å². The molecule has 0 aromatic carbocycles. The minimum absolute atomic E-state index is 0.0970. The van der Waals surface area contributed by atoms with Crippen LogP contribution in [0.4, 0.5) is 0 Å². The smallest absolute Gasteiger partial charge is 0.271 e. The van der Waals surface area contributed by atoms with Crippen molar-refractivity contribution in [2.45, 2.75) is 12.5 Å². The standard InChI is InChI=1S/C20H19N5O2/c1-25(2)20(26)17-6-4-15(11-23-17)27-14-3-5-16-13(9-14)10-18(24-16)19-12-21-7-8-22-19/h4-12,14,24H,3H2,1-2H3. The van der Waals surface area contributed by atoms with Crippen LogP contribution in [0.15, 0.2) is 43.0 Å². The van der Waals surface area contributed by atoms with Gasteiger partial charge in [-0.1, -0.05) is 6.08 Å². The summed E-state index contributed by atoms with van der Waals surface area (Å²) in [6, 6.07) is 5.50. The van der Waals surface area contributed by atoms with E-state index in [0.29, 0.717) is 11.4 Å². The second kappa shape index (κ2) is 7.03. The number of aromatic nitrogens is 4. The Kier molecular flexibility index (Phi) is 4.42. The molecule has 1 unspecified atom stereocenters. The van der Waals surface area contributed by atoms with Gasteiger partial charge in [0.05, 0.1) is 18.1 Å². The van der Waals surface area contributed by atoms with Crippen LogP contribution in [-0.4, -0.2) is 50.9 Å². The molecule has 0 saturated carbocycles. The van der Waals surface area contributed by atoms with E-state index in [1.165, 1.54) is 4.90 Å². The van der Waals surface area contributed by atoms with E-state index >= 15 is 0 Å². The Hall–Kier alpha value is -3.48. The SMILES string of the molecule is CN(C)C(=O)c1ccc(OC2C=c3cc(-c4cnccn4)[nH]c3=CC2)cn1. The predicted octanol–water partition coefficient (Wildman–Crippen LogP) is 0.981. The predicted molar refractivity (Wildman–Crippen MR) is 101 cm³/mol. The van der Waals surface area contributed by atoms with Gasteiger partial charge in [-0.25, -0.2) is 4.98 Å². The van der Waals surface area contributed by atoms with Gasteiger partial charge in [0.1, 0.15) is 23.2 Å². The first-order valence-electron chi connectivity index (χ1n) is 8.62. The highest BCUT2D eigenvalue weighted by molar-refractivity contribution is 5.91. The van der Waals surface area contributed by atoms with E-state index < -0.39 is 0 Å². The highest BCUT2D eigenvalue weighted by atomic mass is 16.5. The van der Waals surface area contributed by atoms with Crippen molar-refractivity contribution in [2.75, 3.05) is 14.1 Å². The molecule has 7 heteroatoms. The molecule has 136 valence electrons. The van der Waals surface area contributed by atoms with Crippen molar-refractivity contribution in [3.63, 3.8) is 0 Å². The summed E-state index contributed by atoms with van der Waals surface area (Å²) in [5.74, 6) is 0.501. The Morgan fingerprint density at radius 2 is 2.11 bits per heavy atom. The summed E-state index contributed by atoms with van der Waals surface area (Å²) in [5, 5.41) is 2.12. The number of nitrogens with zero attached hydrogens (tertiary/aromatic N) is 4. The number of carbonyl (C=O) groups is 1. The quantitative estimate of drug-likeness (QED) is 0.749. The number of rotatable bonds is 4. The Morgan fingerprint density at radius 1 is 1.22 bits per heavy atom. The molecule has 3 aromatic heterocycles. The van der Waals surface area contributed by atoms with E-state index in [0.717, 1.165) is 28.4 Å². The Morgan fingerprint density at radius 3 is 2.81 bits per heavy atom. The van der Waals surface area contributed by atoms with Crippen LogP contribution in [0.5, 0.6) is 5.75 Å². The molecule has 1 aliphatic rings.